The number of anilines is 1. The van der Waals surface area contributed by atoms with Crippen molar-refractivity contribution in [2.75, 3.05) is 11.9 Å². The van der Waals surface area contributed by atoms with E-state index in [9.17, 15) is 0 Å². The van der Waals surface area contributed by atoms with Crippen molar-refractivity contribution >= 4 is 5.69 Å². The van der Waals surface area contributed by atoms with Gasteiger partial charge in [-0.3, -0.25) is 0 Å². The van der Waals surface area contributed by atoms with Gasteiger partial charge in [0.1, 0.15) is 0 Å². The van der Waals surface area contributed by atoms with E-state index < -0.39 is 0 Å². The van der Waals surface area contributed by atoms with Crippen molar-refractivity contribution in [2.45, 2.75) is 52.0 Å². The molecular formula is C18H25N3. The van der Waals surface area contributed by atoms with E-state index in [4.69, 9.17) is 0 Å². The zero-order valence-corrected chi connectivity index (χ0v) is 12.9. The summed E-state index contributed by atoms with van der Waals surface area (Å²) in [7, 11) is 0. The van der Waals surface area contributed by atoms with E-state index in [2.05, 4.69) is 40.0 Å². The fourth-order valence-corrected chi connectivity index (χ4v) is 3.16. The number of aromatic nitrogens is 2. The fourth-order valence-electron chi connectivity index (χ4n) is 3.16. The lowest BCUT2D eigenvalue weighted by molar-refractivity contribution is 0.585. The molecule has 0 bridgehead atoms. The third-order valence-electron chi connectivity index (χ3n) is 4.32. The Morgan fingerprint density at radius 2 is 2.19 bits per heavy atom. The minimum absolute atomic E-state index is 1.07. The van der Waals surface area contributed by atoms with Gasteiger partial charge in [0.2, 0.25) is 0 Å². The second-order valence-electron chi connectivity index (χ2n) is 5.90. The molecule has 3 nitrogen and oxygen atoms in total. The third-order valence-corrected chi connectivity index (χ3v) is 4.32. The monoisotopic (exact) mass is 283 g/mol. The minimum atomic E-state index is 1.07. The second kappa shape index (κ2) is 6.79. The van der Waals surface area contributed by atoms with Crippen molar-refractivity contribution in [1.29, 1.82) is 0 Å². The molecule has 21 heavy (non-hydrogen) atoms. The summed E-state index contributed by atoms with van der Waals surface area (Å²) in [5, 5.41) is 3.58. The standard InChI is InChI=1S/C18H25N3/c1-2-3-4-5-12-21-14-19-13-17(21)16-10-6-8-15-9-7-11-20-18(15)16/h6,8,10,13-14,20H,2-5,7,9,11-12H2,1H3. The first kappa shape index (κ1) is 14.2. The highest BCUT2D eigenvalue weighted by Gasteiger charge is 2.15. The average Bonchev–Trinajstić information content (AvgIpc) is 2.99. The van der Waals surface area contributed by atoms with Crippen LogP contribution in [0.4, 0.5) is 5.69 Å². The lowest BCUT2D eigenvalue weighted by Gasteiger charge is -2.21. The number of hydrogen-bond acceptors (Lipinski definition) is 2. The molecule has 1 aromatic carbocycles. The second-order valence-corrected chi connectivity index (χ2v) is 5.90. The molecule has 0 saturated heterocycles. The normalized spacial score (nSPS) is 13.8. The van der Waals surface area contributed by atoms with Crippen LogP contribution < -0.4 is 5.32 Å². The Balaban J connectivity index is 1.83. The zero-order valence-electron chi connectivity index (χ0n) is 12.9. The van der Waals surface area contributed by atoms with Gasteiger partial charge in [-0.2, -0.15) is 0 Å². The third kappa shape index (κ3) is 3.12. The van der Waals surface area contributed by atoms with E-state index in [1.165, 1.54) is 61.0 Å². The largest absolute Gasteiger partial charge is 0.384 e. The van der Waals surface area contributed by atoms with Gasteiger partial charge in [0.25, 0.3) is 0 Å². The number of rotatable bonds is 6. The van der Waals surface area contributed by atoms with Gasteiger partial charge in [-0.25, -0.2) is 4.98 Å². The predicted octanol–water partition coefficient (Wildman–Crippen LogP) is 4.49. The van der Waals surface area contributed by atoms with Crippen LogP contribution in [0.5, 0.6) is 0 Å². The van der Waals surface area contributed by atoms with Gasteiger partial charge in [-0.05, 0) is 24.8 Å². The Morgan fingerprint density at radius 3 is 3.10 bits per heavy atom. The summed E-state index contributed by atoms with van der Waals surface area (Å²) in [6.07, 6.45) is 11.5. The average molecular weight is 283 g/mol. The molecule has 3 heteroatoms. The van der Waals surface area contributed by atoms with Crippen LogP contribution in [0, 0.1) is 0 Å². The van der Waals surface area contributed by atoms with Crippen LogP contribution in [-0.2, 0) is 13.0 Å². The molecule has 0 atom stereocenters. The molecule has 1 aliphatic heterocycles. The Kier molecular flexibility index (Phi) is 4.59. The van der Waals surface area contributed by atoms with E-state index >= 15 is 0 Å². The Morgan fingerprint density at radius 1 is 1.24 bits per heavy atom. The molecule has 0 radical (unpaired) electrons. The molecule has 3 rings (SSSR count). The molecule has 1 N–H and O–H groups in total. The molecule has 0 unspecified atom stereocenters. The Bertz CT molecular complexity index is 586. The molecule has 112 valence electrons. The topological polar surface area (TPSA) is 29.9 Å². The van der Waals surface area contributed by atoms with Crippen LogP contribution in [0.3, 0.4) is 0 Å². The van der Waals surface area contributed by atoms with Crippen molar-refractivity contribution in [2.24, 2.45) is 0 Å². The molecule has 2 heterocycles. The molecule has 1 aliphatic rings. The highest BCUT2D eigenvalue weighted by atomic mass is 15.0. The van der Waals surface area contributed by atoms with Gasteiger partial charge >= 0.3 is 0 Å². The number of fused-ring (bicyclic) bond motifs is 1. The maximum Gasteiger partial charge on any atom is 0.0950 e. The van der Waals surface area contributed by atoms with E-state index in [0.717, 1.165) is 13.1 Å². The first-order valence-electron chi connectivity index (χ1n) is 8.26. The predicted molar refractivity (Wildman–Crippen MR) is 88.6 cm³/mol. The summed E-state index contributed by atoms with van der Waals surface area (Å²) in [6, 6.07) is 6.64. The van der Waals surface area contributed by atoms with Crippen molar-refractivity contribution in [3.8, 4) is 11.3 Å². The van der Waals surface area contributed by atoms with Crippen LogP contribution in [0.1, 0.15) is 44.6 Å². The molecule has 0 fully saturated rings. The molecular weight excluding hydrogens is 258 g/mol. The van der Waals surface area contributed by atoms with E-state index in [-0.39, 0.29) is 0 Å². The summed E-state index contributed by atoms with van der Waals surface area (Å²) in [5.41, 5.74) is 5.31. The summed E-state index contributed by atoms with van der Waals surface area (Å²) < 4.78 is 2.31. The van der Waals surface area contributed by atoms with E-state index in [1.807, 2.05) is 12.5 Å². The lowest BCUT2D eigenvalue weighted by Crippen LogP contribution is -2.13. The van der Waals surface area contributed by atoms with Crippen LogP contribution in [0.2, 0.25) is 0 Å². The number of nitrogens with zero attached hydrogens (tertiary/aromatic N) is 2. The molecule has 0 saturated carbocycles. The number of aryl methyl sites for hydroxylation is 2. The highest BCUT2D eigenvalue weighted by molar-refractivity contribution is 5.78. The molecule has 2 aromatic rings. The van der Waals surface area contributed by atoms with Gasteiger partial charge in [0.05, 0.1) is 18.2 Å². The summed E-state index contributed by atoms with van der Waals surface area (Å²) >= 11 is 0. The lowest BCUT2D eigenvalue weighted by atomic mass is 9.98. The maximum absolute atomic E-state index is 4.38. The van der Waals surface area contributed by atoms with Gasteiger partial charge in [-0.15, -0.1) is 0 Å². The maximum atomic E-state index is 4.38. The Labute approximate surface area is 127 Å². The quantitative estimate of drug-likeness (QED) is 0.792. The molecule has 0 aliphatic carbocycles. The number of unbranched alkanes of at least 4 members (excludes halogenated alkanes) is 3. The minimum Gasteiger partial charge on any atom is -0.384 e. The smallest absolute Gasteiger partial charge is 0.0950 e. The molecule has 0 spiro atoms. The van der Waals surface area contributed by atoms with E-state index in [1.54, 1.807) is 0 Å². The number of imidazole rings is 1. The van der Waals surface area contributed by atoms with E-state index in [0.29, 0.717) is 0 Å². The highest BCUT2D eigenvalue weighted by Crippen LogP contribution is 2.33. The molecule has 1 aromatic heterocycles. The number of hydrogen-bond donors (Lipinski definition) is 1. The molecule has 0 amide bonds. The summed E-state index contributed by atoms with van der Waals surface area (Å²) in [6.45, 7) is 4.40. The first-order chi connectivity index (χ1) is 10.4. The van der Waals surface area contributed by atoms with Gasteiger partial charge < -0.3 is 9.88 Å². The van der Waals surface area contributed by atoms with Crippen LogP contribution >= 0.6 is 0 Å². The van der Waals surface area contributed by atoms with Crippen molar-refractivity contribution in [3.63, 3.8) is 0 Å². The van der Waals surface area contributed by atoms with Gasteiger partial charge in [0.15, 0.2) is 0 Å². The zero-order chi connectivity index (χ0) is 14.5. The van der Waals surface area contributed by atoms with Crippen LogP contribution in [-0.4, -0.2) is 16.1 Å². The number of para-hydroxylation sites is 1. The van der Waals surface area contributed by atoms with Crippen molar-refractivity contribution in [3.05, 3.63) is 36.3 Å². The first-order valence-corrected chi connectivity index (χ1v) is 8.26. The fraction of sp³-hybridized carbons (Fsp3) is 0.500. The Hall–Kier alpha value is -1.77. The number of benzene rings is 1. The van der Waals surface area contributed by atoms with Crippen molar-refractivity contribution in [1.82, 2.24) is 9.55 Å². The van der Waals surface area contributed by atoms with Crippen molar-refractivity contribution < 1.29 is 0 Å². The SMILES string of the molecule is CCCCCCn1cncc1-c1cccc2c1NCCC2. The number of nitrogens with one attached hydrogen (secondary N) is 1. The van der Waals surface area contributed by atoms with Gasteiger partial charge in [0, 0.05) is 24.3 Å². The van der Waals surface area contributed by atoms with Crippen LogP contribution in [0.25, 0.3) is 11.3 Å². The summed E-state index contributed by atoms with van der Waals surface area (Å²) in [4.78, 5) is 4.38. The van der Waals surface area contributed by atoms with Gasteiger partial charge in [-0.1, -0.05) is 44.4 Å². The summed E-state index contributed by atoms with van der Waals surface area (Å²) in [5.74, 6) is 0. The van der Waals surface area contributed by atoms with Crippen LogP contribution in [0.15, 0.2) is 30.7 Å².